The van der Waals surface area contributed by atoms with E-state index in [0.717, 1.165) is 18.6 Å². The summed E-state index contributed by atoms with van der Waals surface area (Å²) in [6.45, 7) is 2.47. The number of carbonyl (C=O) groups excluding carboxylic acids is 1. The molecule has 1 fully saturated rings. The predicted molar refractivity (Wildman–Crippen MR) is 89.5 cm³/mol. The molecule has 2 aromatic carbocycles. The predicted octanol–water partition coefficient (Wildman–Crippen LogP) is 4.82. The molecule has 0 bridgehead atoms. The van der Waals surface area contributed by atoms with E-state index < -0.39 is 52.2 Å². The molecule has 0 aromatic heterocycles. The van der Waals surface area contributed by atoms with Crippen LogP contribution in [0.1, 0.15) is 47.4 Å². The number of ether oxygens (including phenoxy) is 2. The molecule has 8 heteroatoms. The molecule has 4 nitrogen and oxygen atoms in total. The molecule has 0 aliphatic carbocycles. The largest absolute Gasteiger partial charge is 0.423 e. The Morgan fingerprint density at radius 1 is 1.07 bits per heavy atom. The first-order valence-corrected chi connectivity index (χ1v) is 8.52. The second-order valence-electron chi connectivity index (χ2n) is 6.63. The summed E-state index contributed by atoms with van der Waals surface area (Å²) in [7, 11) is 0. The highest BCUT2D eigenvalue weighted by Gasteiger charge is 2.26. The Balaban J connectivity index is 1.84. The minimum absolute atomic E-state index is 0.258. The van der Waals surface area contributed by atoms with Crippen LogP contribution in [0.4, 0.5) is 17.6 Å². The summed E-state index contributed by atoms with van der Waals surface area (Å²) < 4.78 is 66.2. The van der Waals surface area contributed by atoms with E-state index in [1.54, 1.807) is 0 Å². The average molecular weight is 393 g/mol. The van der Waals surface area contributed by atoms with Crippen molar-refractivity contribution in [2.24, 2.45) is 5.92 Å². The molecule has 0 N–H and O–H groups in total. The fraction of sp³-hybridized carbons (Fsp3) is 0.300. The lowest BCUT2D eigenvalue weighted by Gasteiger charge is -2.27. The Morgan fingerprint density at radius 3 is 2.18 bits per heavy atom. The van der Waals surface area contributed by atoms with E-state index in [4.69, 9.17) is 10.00 Å². The summed E-state index contributed by atoms with van der Waals surface area (Å²) in [6, 6.07) is 4.45. The van der Waals surface area contributed by atoms with Crippen LogP contribution in [0.25, 0.3) is 0 Å². The van der Waals surface area contributed by atoms with E-state index in [1.165, 1.54) is 6.07 Å². The number of esters is 1. The monoisotopic (exact) mass is 393 g/mol. The number of rotatable bonds is 3. The van der Waals surface area contributed by atoms with Crippen molar-refractivity contribution in [2.45, 2.75) is 25.9 Å². The summed E-state index contributed by atoms with van der Waals surface area (Å²) >= 11 is 0. The van der Waals surface area contributed by atoms with Crippen molar-refractivity contribution in [3.8, 4) is 11.8 Å². The quantitative estimate of drug-likeness (QED) is 0.426. The molecule has 1 heterocycles. The van der Waals surface area contributed by atoms with Gasteiger partial charge in [0.2, 0.25) is 0 Å². The molecule has 2 aromatic rings. The lowest BCUT2D eigenvalue weighted by Crippen LogP contribution is -2.20. The minimum Gasteiger partial charge on any atom is -0.423 e. The van der Waals surface area contributed by atoms with Crippen LogP contribution in [0.2, 0.25) is 0 Å². The zero-order valence-corrected chi connectivity index (χ0v) is 14.8. The molecule has 0 spiro atoms. The van der Waals surface area contributed by atoms with Gasteiger partial charge in [-0.2, -0.15) is 5.26 Å². The van der Waals surface area contributed by atoms with Gasteiger partial charge in [0.25, 0.3) is 0 Å². The number of benzene rings is 2. The lowest BCUT2D eigenvalue weighted by atomic mass is 9.95. The second kappa shape index (κ2) is 7.98. The smallest absolute Gasteiger partial charge is 0.349 e. The van der Waals surface area contributed by atoms with Gasteiger partial charge in [0.05, 0.1) is 6.10 Å². The molecule has 0 saturated carbocycles. The molecule has 146 valence electrons. The van der Waals surface area contributed by atoms with Crippen LogP contribution in [0, 0.1) is 40.5 Å². The van der Waals surface area contributed by atoms with Crippen LogP contribution in [0.3, 0.4) is 0 Å². The molecule has 0 amide bonds. The fourth-order valence-corrected chi connectivity index (χ4v) is 2.99. The Bertz CT molecular complexity index is 916. The van der Waals surface area contributed by atoms with E-state index in [1.807, 2.05) is 6.92 Å². The highest BCUT2D eigenvalue weighted by molar-refractivity contribution is 5.91. The Labute approximate surface area is 158 Å². The minimum atomic E-state index is -1.46. The van der Waals surface area contributed by atoms with Crippen molar-refractivity contribution in [1.82, 2.24) is 0 Å². The van der Waals surface area contributed by atoms with Crippen molar-refractivity contribution in [1.29, 1.82) is 5.26 Å². The van der Waals surface area contributed by atoms with Crippen molar-refractivity contribution >= 4 is 5.97 Å². The fourth-order valence-electron chi connectivity index (χ4n) is 2.99. The maximum absolute atomic E-state index is 14.4. The van der Waals surface area contributed by atoms with Crippen LogP contribution >= 0.6 is 0 Å². The summed E-state index contributed by atoms with van der Waals surface area (Å²) in [5, 5.41) is 8.62. The van der Waals surface area contributed by atoms with Gasteiger partial charge in [-0.25, -0.2) is 22.4 Å². The molecule has 2 atom stereocenters. The van der Waals surface area contributed by atoms with Crippen LogP contribution < -0.4 is 4.74 Å². The molecule has 3 rings (SSSR count). The van der Waals surface area contributed by atoms with Gasteiger partial charge in [0.1, 0.15) is 46.2 Å². The van der Waals surface area contributed by atoms with Gasteiger partial charge in [0, 0.05) is 18.7 Å². The topological polar surface area (TPSA) is 59.3 Å². The van der Waals surface area contributed by atoms with Crippen molar-refractivity contribution in [3.05, 3.63) is 64.2 Å². The zero-order chi connectivity index (χ0) is 20.4. The third-order valence-electron chi connectivity index (χ3n) is 4.48. The maximum atomic E-state index is 14.4. The number of carbonyl (C=O) groups is 1. The summed E-state index contributed by atoms with van der Waals surface area (Å²) in [5.74, 6) is -6.58. The summed E-state index contributed by atoms with van der Waals surface area (Å²) in [4.78, 5) is 12.1. The summed E-state index contributed by atoms with van der Waals surface area (Å²) in [6.07, 6.45) is 0.952. The zero-order valence-electron chi connectivity index (χ0n) is 14.8. The van der Waals surface area contributed by atoms with Gasteiger partial charge in [-0.15, -0.1) is 0 Å². The Kier molecular flexibility index (Phi) is 5.66. The second-order valence-corrected chi connectivity index (χ2v) is 6.63. The van der Waals surface area contributed by atoms with E-state index in [0.29, 0.717) is 31.1 Å². The van der Waals surface area contributed by atoms with Crippen LogP contribution in [0.15, 0.2) is 24.3 Å². The van der Waals surface area contributed by atoms with E-state index in [9.17, 15) is 22.4 Å². The molecule has 1 saturated heterocycles. The van der Waals surface area contributed by atoms with E-state index in [-0.39, 0.29) is 5.56 Å². The van der Waals surface area contributed by atoms with Gasteiger partial charge in [-0.3, -0.25) is 0 Å². The number of nitrogens with zero attached hydrogens (tertiary/aromatic N) is 1. The average Bonchev–Trinajstić information content (AvgIpc) is 2.61. The third kappa shape index (κ3) is 3.99. The third-order valence-corrected chi connectivity index (χ3v) is 4.48. The molecule has 28 heavy (non-hydrogen) atoms. The SMILES string of the molecule is CC1CC[C@@H](c2cc(F)c(C(=O)Oc3cc(F)c(C#N)c(F)c3)c(F)c2)OC1. The summed E-state index contributed by atoms with van der Waals surface area (Å²) in [5.41, 5.74) is -1.59. The van der Waals surface area contributed by atoms with Gasteiger partial charge >= 0.3 is 5.97 Å². The molecule has 1 aliphatic heterocycles. The first kappa shape index (κ1) is 19.8. The molecule has 1 unspecified atom stereocenters. The molecule has 0 radical (unpaired) electrons. The standard InChI is InChI=1S/C20H15F4NO3/c1-10-2-3-18(27-9-10)11-4-16(23)19(17(24)5-11)20(26)28-12-6-14(21)13(8-25)15(22)7-12/h4-7,10,18H,2-3,9H2,1H3/t10?,18-/m0/s1. The van der Waals surface area contributed by atoms with Crippen molar-refractivity contribution in [2.75, 3.05) is 6.61 Å². The number of hydrogen-bond donors (Lipinski definition) is 0. The van der Waals surface area contributed by atoms with Gasteiger partial charge < -0.3 is 9.47 Å². The molecular formula is C20H15F4NO3. The van der Waals surface area contributed by atoms with Crippen LogP contribution in [-0.4, -0.2) is 12.6 Å². The van der Waals surface area contributed by atoms with Crippen molar-refractivity contribution in [3.63, 3.8) is 0 Å². The molecular weight excluding hydrogens is 378 g/mol. The maximum Gasteiger partial charge on any atom is 0.349 e. The van der Waals surface area contributed by atoms with Crippen LogP contribution in [-0.2, 0) is 4.74 Å². The van der Waals surface area contributed by atoms with Crippen molar-refractivity contribution < 1.29 is 31.8 Å². The first-order valence-electron chi connectivity index (χ1n) is 8.52. The molecule has 1 aliphatic rings. The highest BCUT2D eigenvalue weighted by Crippen LogP contribution is 2.32. The normalized spacial score (nSPS) is 19.1. The Morgan fingerprint density at radius 2 is 1.68 bits per heavy atom. The van der Waals surface area contributed by atoms with Gasteiger partial charge in [0.15, 0.2) is 0 Å². The van der Waals surface area contributed by atoms with Crippen LogP contribution in [0.5, 0.6) is 5.75 Å². The lowest BCUT2D eigenvalue weighted by molar-refractivity contribution is -0.0126. The van der Waals surface area contributed by atoms with E-state index in [2.05, 4.69) is 4.74 Å². The first-order chi connectivity index (χ1) is 13.3. The number of hydrogen-bond acceptors (Lipinski definition) is 4. The highest BCUT2D eigenvalue weighted by atomic mass is 19.1. The van der Waals surface area contributed by atoms with E-state index >= 15 is 0 Å². The Hall–Kier alpha value is -2.92. The number of nitriles is 1. The van der Waals surface area contributed by atoms with Gasteiger partial charge in [-0.1, -0.05) is 6.92 Å². The van der Waals surface area contributed by atoms with Gasteiger partial charge in [-0.05, 0) is 36.5 Å². The number of halogens is 4.